The van der Waals surface area contributed by atoms with Crippen molar-refractivity contribution in [2.24, 2.45) is 0 Å². The summed E-state index contributed by atoms with van der Waals surface area (Å²) in [5.74, 6) is 0.500. The number of benzene rings is 2. The molecule has 4 aliphatic heterocycles. The number of piperidine rings is 2. The Hall–Kier alpha value is -4.36. The molecule has 4 heterocycles. The molecule has 6 rings (SSSR count). The molecule has 1 atom stereocenters. The van der Waals surface area contributed by atoms with E-state index < -0.39 is 12.2 Å². The van der Waals surface area contributed by atoms with Crippen molar-refractivity contribution in [3.63, 3.8) is 0 Å². The Kier molecular flexibility index (Phi) is 14.8. The molecule has 0 spiro atoms. The first-order valence-electron chi connectivity index (χ1n) is 19.8. The molecule has 55 heavy (non-hydrogen) atoms. The molecular weight excluding hydrogens is 700 g/mol. The number of aryl methyl sites for hydroxylation is 2. The number of methoxy groups -OCH3 is 1. The van der Waals surface area contributed by atoms with E-state index in [-0.39, 0.29) is 37.8 Å². The van der Waals surface area contributed by atoms with Gasteiger partial charge in [-0.3, -0.25) is 14.5 Å². The average Bonchev–Trinajstić information content (AvgIpc) is 3.35. The number of para-hydroxylation sites is 1. The van der Waals surface area contributed by atoms with Gasteiger partial charge in [0.15, 0.2) is 6.10 Å². The van der Waals surface area contributed by atoms with E-state index in [1.807, 2.05) is 67.0 Å². The summed E-state index contributed by atoms with van der Waals surface area (Å²) in [5, 5.41) is 3.06. The molecule has 302 valence electrons. The molecule has 2 aromatic rings. The van der Waals surface area contributed by atoms with Crippen molar-refractivity contribution in [2.45, 2.75) is 91.3 Å². The van der Waals surface area contributed by atoms with Crippen LogP contribution in [0.2, 0.25) is 0 Å². The van der Waals surface area contributed by atoms with Crippen molar-refractivity contribution in [1.82, 2.24) is 24.5 Å². The highest BCUT2D eigenvalue weighted by atomic mass is 16.6. The summed E-state index contributed by atoms with van der Waals surface area (Å²) < 4.78 is 16.8. The number of hydrogen-bond acceptors (Lipinski definition) is 9. The van der Waals surface area contributed by atoms with Crippen LogP contribution in [0.3, 0.4) is 0 Å². The predicted octanol–water partition coefficient (Wildman–Crippen LogP) is 5.11. The van der Waals surface area contributed by atoms with Gasteiger partial charge in [0.25, 0.3) is 5.91 Å². The number of fused-ring (bicyclic) bond motifs is 1. The second kappa shape index (κ2) is 19.5. The molecule has 2 aromatic carbocycles. The largest absolute Gasteiger partial charge is 0.496 e. The lowest BCUT2D eigenvalue weighted by Crippen LogP contribution is -2.56. The summed E-state index contributed by atoms with van der Waals surface area (Å²) in [7, 11) is 1.65. The summed E-state index contributed by atoms with van der Waals surface area (Å²) in [6.45, 7) is 13.0. The second-order valence-corrected chi connectivity index (χ2v) is 15.1. The monoisotopic (exact) mass is 762 g/mol. The SMILES string of the molecule is C.CCOC(=O)CCN1CCC(N2CCN(C(=O)[C@@H](Cc3cc(C)c(OC)c(C)c3)OC(=O)N3CCC(N4CCc5ccccc5NC4=O)CC3)CC2)CC1. The van der Waals surface area contributed by atoms with E-state index in [0.717, 1.165) is 85.7 Å². The van der Waals surface area contributed by atoms with Crippen molar-refractivity contribution < 1.29 is 33.4 Å². The molecule has 3 fully saturated rings. The molecule has 0 saturated carbocycles. The van der Waals surface area contributed by atoms with Gasteiger partial charge in [-0.15, -0.1) is 0 Å². The zero-order chi connectivity index (χ0) is 38.2. The molecule has 0 radical (unpaired) electrons. The Balaban J connectivity index is 0.00000580. The number of carbonyl (C=O) groups is 4. The molecule has 0 bridgehead atoms. The molecule has 1 N–H and O–H groups in total. The van der Waals surface area contributed by atoms with Gasteiger partial charge in [-0.1, -0.05) is 37.8 Å². The van der Waals surface area contributed by atoms with Crippen molar-refractivity contribution in [2.75, 3.05) is 84.5 Å². The third-order valence-electron chi connectivity index (χ3n) is 11.6. The number of amides is 4. The predicted molar refractivity (Wildman–Crippen MR) is 213 cm³/mol. The third-order valence-corrected chi connectivity index (χ3v) is 11.6. The normalized spacial score (nSPS) is 19.4. The van der Waals surface area contributed by atoms with Crippen LogP contribution in [0, 0.1) is 13.8 Å². The Morgan fingerprint density at radius 1 is 0.855 bits per heavy atom. The van der Waals surface area contributed by atoms with Crippen LogP contribution in [0.15, 0.2) is 36.4 Å². The van der Waals surface area contributed by atoms with Gasteiger partial charge in [-0.05, 0) is 94.3 Å². The van der Waals surface area contributed by atoms with Crippen LogP contribution in [-0.4, -0.2) is 146 Å². The van der Waals surface area contributed by atoms with Crippen molar-refractivity contribution in [3.8, 4) is 5.75 Å². The van der Waals surface area contributed by atoms with E-state index in [1.54, 1.807) is 12.0 Å². The Bertz CT molecular complexity index is 1610. The fourth-order valence-corrected chi connectivity index (χ4v) is 8.67. The van der Waals surface area contributed by atoms with E-state index >= 15 is 0 Å². The summed E-state index contributed by atoms with van der Waals surface area (Å²) in [6.07, 6.45) is 3.34. The molecule has 0 aliphatic carbocycles. The van der Waals surface area contributed by atoms with E-state index in [1.165, 1.54) is 0 Å². The number of ether oxygens (including phenoxy) is 3. The smallest absolute Gasteiger partial charge is 0.410 e. The van der Waals surface area contributed by atoms with Gasteiger partial charge in [-0.25, -0.2) is 9.59 Å². The minimum atomic E-state index is -0.966. The highest BCUT2D eigenvalue weighted by Gasteiger charge is 2.36. The fraction of sp³-hybridized carbons (Fsp3) is 0.619. The number of esters is 1. The van der Waals surface area contributed by atoms with Gasteiger partial charge < -0.3 is 39.1 Å². The van der Waals surface area contributed by atoms with Crippen LogP contribution in [0.1, 0.15) is 68.7 Å². The van der Waals surface area contributed by atoms with Crippen molar-refractivity contribution in [3.05, 3.63) is 58.7 Å². The fourth-order valence-electron chi connectivity index (χ4n) is 8.67. The number of nitrogens with zero attached hydrogens (tertiary/aromatic N) is 5. The number of rotatable bonds is 11. The summed E-state index contributed by atoms with van der Waals surface area (Å²) in [6, 6.07) is 12.3. The molecule has 0 aromatic heterocycles. The van der Waals surface area contributed by atoms with Gasteiger partial charge in [0.2, 0.25) is 0 Å². The minimum absolute atomic E-state index is 0. The van der Waals surface area contributed by atoms with Crippen LogP contribution in [0.25, 0.3) is 0 Å². The third kappa shape index (κ3) is 10.5. The van der Waals surface area contributed by atoms with Crippen LogP contribution in [-0.2, 0) is 31.9 Å². The highest BCUT2D eigenvalue weighted by molar-refractivity contribution is 5.91. The zero-order valence-electron chi connectivity index (χ0n) is 32.5. The number of likely N-dealkylation sites (tertiary alicyclic amines) is 2. The van der Waals surface area contributed by atoms with Crippen LogP contribution in [0.4, 0.5) is 15.3 Å². The van der Waals surface area contributed by atoms with Gasteiger partial charge >= 0.3 is 18.1 Å². The van der Waals surface area contributed by atoms with E-state index in [9.17, 15) is 19.2 Å². The minimum Gasteiger partial charge on any atom is -0.496 e. The van der Waals surface area contributed by atoms with E-state index in [4.69, 9.17) is 14.2 Å². The first kappa shape index (κ1) is 41.8. The maximum absolute atomic E-state index is 14.2. The van der Waals surface area contributed by atoms with Crippen LogP contribution < -0.4 is 10.1 Å². The highest BCUT2D eigenvalue weighted by Crippen LogP contribution is 2.28. The van der Waals surface area contributed by atoms with Gasteiger partial charge in [0.1, 0.15) is 5.75 Å². The molecule has 13 heteroatoms. The van der Waals surface area contributed by atoms with E-state index in [2.05, 4.69) is 15.1 Å². The van der Waals surface area contributed by atoms with Gasteiger partial charge in [-0.2, -0.15) is 0 Å². The summed E-state index contributed by atoms with van der Waals surface area (Å²) in [4.78, 5) is 63.2. The first-order valence-corrected chi connectivity index (χ1v) is 19.8. The topological polar surface area (TPSA) is 124 Å². The van der Waals surface area contributed by atoms with Crippen molar-refractivity contribution >= 4 is 29.7 Å². The van der Waals surface area contributed by atoms with Crippen LogP contribution in [0.5, 0.6) is 5.75 Å². The first-order chi connectivity index (χ1) is 26.1. The zero-order valence-corrected chi connectivity index (χ0v) is 32.5. The number of carbonyl (C=O) groups excluding carboxylic acids is 4. The Morgan fingerprint density at radius 2 is 1.51 bits per heavy atom. The van der Waals surface area contributed by atoms with Gasteiger partial charge in [0, 0.05) is 76.5 Å². The quantitative estimate of drug-likeness (QED) is 0.311. The Morgan fingerprint density at radius 3 is 2.16 bits per heavy atom. The summed E-state index contributed by atoms with van der Waals surface area (Å²) >= 11 is 0. The maximum atomic E-state index is 14.2. The lowest BCUT2D eigenvalue weighted by atomic mass is 10.00. The molecule has 0 unspecified atom stereocenters. The number of piperazine rings is 1. The lowest BCUT2D eigenvalue weighted by Gasteiger charge is -2.43. The molecule has 13 nitrogen and oxygen atoms in total. The molecule has 4 amide bonds. The number of anilines is 1. The number of nitrogens with one attached hydrogen (secondary N) is 1. The maximum Gasteiger partial charge on any atom is 0.410 e. The molecule has 3 saturated heterocycles. The number of urea groups is 1. The standard InChI is InChI=1S/C41H58N6O7.CH4/c1-5-53-37(48)15-18-43-16-11-33(12-17-43)44-22-24-45(25-23-44)39(49)36(28-31-26-29(2)38(52-4)30(3)27-31)54-41(51)46-19-13-34(14-20-46)47-21-10-32-8-6-7-9-35(32)42-40(47)50;/h6-9,26-27,33-34,36H,5,10-25,28H2,1-4H3,(H,42,50);1H4/t36-;/m1./s1. The average molecular weight is 763 g/mol. The van der Waals surface area contributed by atoms with E-state index in [0.29, 0.717) is 64.6 Å². The number of hydrogen-bond donors (Lipinski definition) is 1. The Labute approximate surface area is 327 Å². The lowest BCUT2D eigenvalue weighted by molar-refractivity contribution is -0.144. The molecule has 4 aliphatic rings. The van der Waals surface area contributed by atoms with Crippen molar-refractivity contribution in [1.29, 1.82) is 0 Å². The summed E-state index contributed by atoms with van der Waals surface area (Å²) in [5.41, 5.74) is 4.83. The second-order valence-electron chi connectivity index (χ2n) is 15.1. The van der Waals surface area contributed by atoms with Crippen LogP contribution >= 0.6 is 0 Å². The van der Waals surface area contributed by atoms with Gasteiger partial charge in [0.05, 0.1) is 20.1 Å². The molecular formula is C42H62N6O7.